The van der Waals surface area contributed by atoms with E-state index in [1.807, 2.05) is 30.3 Å². The molecule has 0 spiro atoms. The van der Waals surface area contributed by atoms with Crippen molar-refractivity contribution in [2.75, 3.05) is 6.54 Å². The molecule has 0 atom stereocenters. The number of carbonyl (C=O) groups is 1. The first kappa shape index (κ1) is 17.2. The Labute approximate surface area is 137 Å². The molecule has 1 amide bonds. The van der Waals surface area contributed by atoms with E-state index in [0.29, 0.717) is 12.3 Å². The summed E-state index contributed by atoms with van der Waals surface area (Å²) in [5.41, 5.74) is 0. The van der Waals surface area contributed by atoms with Crippen LogP contribution in [0.3, 0.4) is 0 Å². The topological polar surface area (TPSA) is 38.3 Å². The fourth-order valence-electron chi connectivity index (χ4n) is 2.40. The average Bonchev–Trinajstić information content (AvgIpc) is 2.53. The number of halogens is 1. The van der Waals surface area contributed by atoms with Crippen LogP contribution in [0, 0.1) is 5.82 Å². The van der Waals surface area contributed by atoms with Gasteiger partial charge in [-0.1, -0.05) is 54.7 Å². The van der Waals surface area contributed by atoms with Gasteiger partial charge in [-0.05, 0) is 30.7 Å². The van der Waals surface area contributed by atoms with Crippen LogP contribution >= 0.6 is 0 Å². The molecule has 2 aromatic carbocycles. The van der Waals surface area contributed by atoms with Crippen LogP contribution in [-0.2, 0) is 0 Å². The van der Waals surface area contributed by atoms with Gasteiger partial charge < -0.3 is 10.1 Å². The molecule has 5 heteroatoms. The van der Waals surface area contributed by atoms with E-state index in [1.54, 1.807) is 12.1 Å². The second-order valence-electron chi connectivity index (χ2n) is 6.12. The van der Waals surface area contributed by atoms with Crippen molar-refractivity contribution in [2.24, 2.45) is 0 Å². The molecule has 0 unspecified atom stereocenters. The summed E-state index contributed by atoms with van der Waals surface area (Å²) >= 11 is 0. The lowest BCUT2D eigenvalue weighted by Gasteiger charge is -2.23. The highest BCUT2D eigenvalue weighted by Gasteiger charge is 2.22. The Morgan fingerprint density at radius 2 is 1.74 bits per heavy atom. The molecule has 0 aliphatic rings. The quantitative estimate of drug-likeness (QED) is 0.643. The fourth-order valence-corrected chi connectivity index (χ4v) is 4.82. The first-order chi connectivity index (χ1) is 11.0. The van der Waals surface area contributed by atoms with E-state index < -0.39 is 14.2 Å². The number of benzene rings is 2. The zero-order valence-corrected chi connectivity index (χ0v) is 14.5. The lowest BCUT2D eigenvalue weighted by molar-refractivity contribution is 0.200. The van der Waals surface area contributed by atoms with Crippen LogP contribution in [0.5, 0.6) is 5.75 Å². The summed E-state index contributed by atoms with van der Waals surface area (Å²) in [6.45, 7) is 5.08. The molecular weight excluding hydrogens is 309 g/mol. The van der Waals surface area contributed by atoms with Crippen LogP contribution in [0.1, 0.15) is 6.42 Å². The van der Waals surface area contributed by atoms with E-state index in [-0.39, 0.29) is 5.82 Å². The van der Waals surface area contributed by atoms with Crippen LogP contribution in [0.25, 0.3) is 0 Å². The minimum absolute atomic E-state index is 0.205. The second kappa shape index (κ2) is 7.92. The second-order valence-corrected chi connectivity index (χ2v) is 11.0. The zero-order valence-electron chi connectivity index (χ0n) is 13.5. The summed E-state index contributed by atoms with van der Waals surface area (Å²) in [6, 6.07) is 16.8. The molecule has 0 fully saturated rings. The Kier molecular flexibility index (Phi) is 5.93. The van der Waals surface area contributed by atoms with E-state index in [4.69, 9.17) is 4.74 Å². The number of hydrogen-bond donors (Lipinski definition) is 1. The predicted octanol–water partition coefficient (Wildman–Crippen LogP) is 3.92. The highest BCUT2D eigenvalue weighted by molar-refractivity contribution is 6.89. The maximum absolute atomic E-state index is 13.0. The van der Waals surface area contributed by atoms with Gasteiger partial charge in [0.15, 0.2) is 0 Å². The molecular formula is C18H22FNO2Si. The first-order valence-corrected chi connectivity index (χ1v) is 10.9. The molecule has 0 aliphatic heterocycles. The minimum atomic E-state index is -1.61. The van der Waals surface area contributed by atoms with Crippen molar-refractivity contribution >= 4 is 19.4 Å². The molecule has 0 heterocycles. The van der Waals surface area contributed by atoms with Gasteiger partial charge in [0, 0.05) is 6.54 Å². The van der Waals surface area contributed by atoms with Crippen LogP contribution in [0.15, 0.2) is 54.6 Å². The van der Waals surface area contributed by atoms with Gasteiger partial charge in [-0.3, -0.25) is 0 Å². The Morgan fingerprint density at radius 3 is 2.39 bits per heavy atom. The number of ether oxygens (including phenoxy) is 1. The summed E-state index contributed by atoms with van der Waals surface area (Å²) < 4.78 is 18.2. The van der Waals surface area contributed by atoms with Gasteiger partial charge in [-0.25, -0.2) is 9.18 Å². The largest absolute Gasteiger partial charge is 0.412 e. The third kappa shape index (κ3) is 5.52. The van der Waals surface area contributed by atoms with Gasteiger partial charge in [-0.15, -0.1) is 0 Å². The maximum atomic E-state index is 13.0. The molecule has 0 saturated heterocycles. The number of carbonyl (C=O) groups excluding carboxylic acids is 1. The van der Waals surface area contributed by atoms with Crippen molar-refractivity contribution in [1.29, 1.82) is 0 Å². The summed E-state index contributed by atoms with van der Waals surface area (Å²) in [4.78, 5) is 11.7. The Bertz CT molecular complexity index is 629. The number of hydrogen-bond acceptors (Lipinski definition) is 2. The van der Waals surface area contributed by atoms with Crippen molar-refractivity contribution in [3.05, 3.63) is 60.4 Å². The number of nitrogens with one attached hydrogen (secondary N) is 1. The SMILES string of the molecule is C[Si](C)(CCCNC(=O)Oc1ccccc1)c1ccc(F)cc1. The predicted molar refractivity (Wildman–Crippen MR) is 93.4 cm³/mol. The van der Waals surface area contributed by atoms with Gasteiger partial charge in [0.2, 0.25) is 0 Å². The van der Waals surface area contributed by atoms with E-state index in [9.17, 15) is 9.18 Å². The molecule has 0 aliphatic carbocycles. The number of para-hydroxylation sites is 1. The van der Waals surface area contributed by atoms with Crippen LogP contribution in [0.4, 0.5) is 9.18 Å². The minimum Gasteiger partial charge on any atom is -0.410 e. The van der Waals surface area contributed by atoms with Gasteiger partial charge in [0.1, 0.15) is 11.6 Å². The van der Waals surface area contributed by atoms with Gasteiger partial charge in [-0.2, -0.15) is 0 Å². The first-order valence-electron chi connectivity index (χ1n) is 7.74. The standard InChI is InChI=1S/C18H22FNO2Si/c1-23(2,17-11-9-15(19)10-12-17)14-6-13-20-18(21)22-16-7-4-3-5-8-16/h3-5,7-12H,6,13-14H2,1-2H3,(H,20,21). The van der Waals surface area contributed by atoms with Crippen molar-refractivity contribution in [1.82, 2.24) is 5.32 Å². The molecule has 0 radical (unpaired) electrons. The van der Waals surface area contributed by atoms with Crippen LogP contribution in [-0.4, -0.2) is 20.7 Å². The van der Waals surface area contributed by atoms with E-state index >= 15 is 0 Å². The van der Waals surface area contributed by atoms with Gasteiger partial charge in [0.05, 0.1) is 8.07 Å². The van der Waals surface area contributed by atoms with Gasteiger partial charge >= 0.3 is 6.09 Å². The maximum Gasteiger partial charge on any atom is 0.412 e. The highest BCUT2D eigenvalue weighted by Crippen LogP contribution is 2.13. The molecule has 1 N–H and O–H groups in total. The molecule has 23 heavy (non-hydrogen) atoms. The summed E-state index contributed by atoms with van der Waals surface area (Å²) in [5, 5.41) is 3.99. The van der Waals surface area contributed by atoms with Crippen LogP contribution < -0.4 is 15.2 Å². The Hall–Kier alpha value is -2.14. The Morgan fingerprint density at radius 1 is 1.09 bits per heavy atom. The lowest BCUT2D eigenvalue weighted by atomic mass is 10.3. The van der Waals surface area contributed by atoms with Crippen molar-refractivity contribution in [2.45, 2.75) is 25.6 Å². The smallest absolute Gasteiger partial charge is 0.410 e. The molecule has 0 aromatic heterocycles. The highest BCUT2D eigenvalue weighted by atomic mass is 28.3. The fraction of sp³-hybridized carbons (Fsp3) is 0.278. The molecule has 122 valence electrons. The average molecular weight is 331 g/mol. The summed E-state index contributed by atoms with van der Waals surface area (Å²) in [5.74, 6) is 0.329. The van der Waals surface area contributed by atoms with E-state index in [1.165, 1.54) is 17.3 Å². The lowest BCUT2D eigenvalue weighted by Crippen LogP contribution is -2.41. The molecule has 0 bridgehead atoms. The number of rotatable bonds is 6. The summed E-state index contributed by atoms with van der Waals surface area (Å²) in [7, 11) is -1.61. The monoisotopic (exact) mass is 331 g/mol. The van der Waals surface area contributed by atoms with Gasteiger partial charge in [0.25, 0.3) is 0 Å². The molecule has 2 rings (SSSR count). The van der Waals surface area contributed by atoms with E-state index in [2.05, 4.69) is 18.4 Å². The van der Waals surface area contributed by atoms with E-state index in [0.717, 1.165) is 12.5 Å². The van der Waals surface area contributed by atoms with Crippen molar-refractivity contribution in [3.8, 4) is 5.75 Å². The summed E-state index contributed by atoms with van der Waals surface area (Å²) in [6.07, 6.45) is 0.443. The normalized spacial score (nSPS) is 11.1. The van der Waals surface area contributed by atoms with Crippen LogP contribution in [0.2, 0.25) is 19.1 Å². The molecule has 3 nitrogen and oxygen atoms in total. The Balaban J connectivity index is 1.74. The number of amides is 1. The third-order valence-electron chi connectivity index (χ3n) is 3.83. The molecule has 0 saturated carbocycles. The third-order valence-corrected chi connectivity index (χ3v) is 7.33. The van der Waals surface area contributed by atoms with Crippen molar-refractivity contribution < 1.29 is 13.9 Å². The van der Waals surface area contributed by atoms with Crippen molar-refractivity contribution in [3.63, 3.8) is 0 Å². The molecule has 2 aromatic rings. The zero-order chi connectivity index (χ0) is 16.7.